The second-order valence-corrected chi connectivity index (χ2v) is 5.37. The van der Waals surface area contributed by atoms with Crippen molar-refractivity contribution in [3.05, 3.63) is 29.3 Å². The minimum atomic E-state index is 0.147. The highest BCUT2D eigenvalue weighted by molar-refractivity contribution is 5.82. The van der Waals surface area contributed by atoms with Crippen molar-refractivity contribution >= 4 is 11.6 Å². The van der Waals surface area contributed by atoms with Gasteiger partial charge in [-0.15, -0.1) is 0 Å². The number of para-hydroxylation sites is 1. The number of aryl methyl sites for hydroxylation is 2. The van der Waals surface area contributed by atoms with Crippen molar-refractivity contribution in [2.75, 3.05) is 19.6 Å². The predicted octanol–water partition coefficient (Wildman–Crippen LogP) is 4.10. The Kier molecular flexibility index (Phi) is 6.73. The number of likely N-dealkylation sites (N-methyl/N-ethyl adjacent to an activating group) is 1. The Labute approximate surface area is 123 Å². The zero-order chi connectivity index (χ0) is 15.1. The van der Waals surface area contributed by atoms with Gasteiger partial charge in [0, 0.05) is 0 Å². The Morgan fingerprint density at radius 1 is 1.15 bits per heavy atom. The molecule has 20 heavy (non-hydrogen) atoms. The van der Waals surface area contributed by atoms with Crippen LogP contribution in [0.4, 0.5) is 5.69 Å². The molecule has 112 valence electrons. The zero-order valence-corrected chi connectivity index (χ0v) is 13.7. The summed E-state index contributed by atoms with van der Waals surface area (Å²) in [5.41, 5.74) is 3.42. The van der Waals surface area contributed by atoms with Gasteiger partial charge in [-0.2, -0.15) is 0 Å². The highest BCUT2D eigenvalue weighted by Gasteiger charge is 2.11. The molecule has 3 nitrogen and oxygen atoms in total. The second-order valence-electron chi connectivity index (χ2n) is 5.37. The normalized spacial score (nSPS) is 12.3. The fraction of sp³-hybridized carbons (Fsp3) is 0.588. The van der Waals surface area contributed by atoms with E-state index in [1.54, 1.807) is 0 Å². The number of ether oxygens (including phenoxy) is 1. The van der Waals surface area contributed by atoms with Crippen molar-refractivity contribution in [2.45, 2.75) is 47.6 Å². The van der Waals surface area contributed by atoms with Crippen molar-refractivity contribution in [1.29, 1.82) is 0 Å². The highest BCUT2D eigenvalue weighted by Crippen LogP contribution is 2.23. The minimum absolute atomic E-state index is 0.147. The molecule has 0 saturated heterocycles. The molecule has 0 spiro atoms. The van der Waals surface area contributed by atoms with E-state index in [1.165, 1.54) is 11.1 Å². The van der Waals surface area contributed by atoms with Crippen molar-refractivity contribution in [3.8, 4) is 0 Å². The van der Waals surface area contributed by atoms with E-state index in [4.69, 9.17) is 9.73 Å². The quantitative estimate of drug-likeness (QED) is 0.577. The maximum absolute atomic E-state index is 5.91. The fourth-order valence-corrected chi connectivity index (χ4v) is 2.12. The summed E-state index contributed by atoms with van der Waals surface area (Å²) in [4.78, 5) is 7.10. The molecule has 0 N–H and O–H groups in total. The van der Waals surface area contributed by atoms with Crippen molar-refractivity contribution in [1.82, 2.24) is 4.90 Å². The van der Waals surface area contributed by atoms with Gasteiger partial charge in [0.05, 0.1) is 18.3 Å². The number of rotatable bonds is 6. The van der Waals surface area contributed by atoms with Crippen LogP contribution in [-0.2, 0) is 4.74 Å². The lowest BCUT2D eigenvalue weighted by Gasteiger charge is -2.21. The first-order chi connectivity index (χ1) is 9.47. The molecule has 0 aromatic heterocycles. The molecule has 0 heterocycles. The predicted molar refractivity (Wildman–Crippen MR) is 87.0 cm³/mol. The summed E-state index contributed by atoms with van der Waals surface area (Å²) >= 11 is 0. The molecule has 0 fully saturated rings. The van der Waals surface area contributed by atoms with Gasteiger partial charge in [-0.1, -0.05) is 32.0 Å². The summed E-state index contributed by atoms with van der Waals surface area (Å²) in [6.07, 6.45) is 0.147. The van der Waals surface area contributed by atoms with Crippen LogP contribution in [0.15, 0.2) is 23.2 Å². The van der Waals surface area contributed by atoms with Crippen LogP contribution >= 0.6 is 0 Å². The molecule has 0 bridgehead atoms. The third-order valence-electron chi connectivity index (χ3n) is 3.30. The van der Waals surface area contributed by atoms with E-state index >= 15 is 0 Å². The van der Waals surface area contributed by atoms with Crippen LogP contribution in [0.3, 0.4) is 0 Å². The first-order valence-electron chi connectivity index (χ1n) is 7.50. The van der Waals surface area contributed by atoms with Gasteiger partial charge in [0.1, 0.15) is 0 Å². The molecule has 0 aliphatic carbocycles. The second kappa shape index (κ2) is 8.05. The van der Waals surface area contributed by atoms with E-state index < -0.39 is 0 Å². The molecule has 0 aliphatic heterocycles. The van der Waals surface area contributed by atoms with Crippen molar-refractivity contribution < 1.29 is 4.74 Å². The fourth-order valence-electron chi connectivity index (χ4n) is 2.12. The van der Waals surface area contributed by atoms with Gasteiger partial charge in [0.25, 0.3) is 0 Å². The van der Waals surface area contributed by atoms with Crippen LogP contribution in [0.5, 0.6) is 0 Å². The molecule has 1 aromatic carbocycles. The van der Waals surface area contributed by atoms with Crippen LogP contribution in [-0.4, -0.2) is 36.5 Å². The summed E-state index contributed by atoms with van der Waals surface area (Å²) in [7, 11) is 0. The third kappa shape index (κ3) is 4.97. The molecule has 0 amide bonds. The first kappa shape index (κ1) is 16.7. The molecule has 0 aliphatic rings. The van der Waals surface area contributed by atoms with Crippen LogP contribution in [0.1, 0.15) is 38.8 Å². The van der Waals surface area contributed by atoms with Crippen LogP contribution in [0.2, 0.25) is 0 Å². The van der Waals surface area contributed by atoms with Gasteiger partial charge in [-0.3, -0.25) is 4.90 Å². The van der Waals surface area contributed by atoms with Gasteiger partial charge < -0.3 is 4.74 Å². The topological polar surface area (TPSA) is 24.8 Å². The molecule has 0 radical (unpaired) electrons. The number of hydrogen-bond donors (Lipinski definition) is 0. The average molecular weight is 276 g/mol. The zero-order valence-electron chi connectivity index (χ0n) is 13.7. The molecule has 0 unspecified atom stereocenters. The van der Waals surface area contributed by atoms with Crippen LogP contribution < -0.4 is 0 Å². The minimum Gasteiger partial charge on any atom is -0.477 e. The highest BCUT2D eigenvalue weighted by atomic mass is 16.5. The van der Waals surface area contributed by atoms with Crippen LogP contribution in [0, 0.1) is 13.8 Å². The lowest BCUT2D eigenvalue weighted by molar-refractivity contribution is 0.206. The van der Waals surface area contributed by atoms with Crippen LogP contribution in [0.25, 0.3) is 0 Å². The van der Waals surface area contributed by atoms with Gasteiger partial charge >= 0.3 is 0 Å². The Morgan fingerprint density at radius 2 is 1.70 bits per heavy atom. The Bertz CT molecular complexity index is 428. The summed E-state index contributed by atoms with van der Waals surface area (Å²) < 4.78 is 5.91. The SMILES string of the molecule is CCN(CC)CC(=Nc1c(C)cccc1C)OC(C)C. The van der Waals surface area contributed by atoms with Gasteiger partial charge in [0.15, 0.2) is 0 Å². The Morgan fingerprint density at radius 3 is 2.15 bits per heavy atom. The summed E-state index contributed by atoms with van der Waals surface area (Å²) in [5, 5.41) is 0. The summed E-state index contributed by atoms with van der Waals surface area (Å²) in [6.45, 7) is 15.4. The van der Waals surface area contributed by atoms with E-state index in [9.17, 15) is 0 Å². The van der Waals surface area contributed by atoms with E-state index in [0.29, 0.717) is 0 Å². The van der Waals surface area contributed by atoms with Gasteiger partial charge in [0.2, 0.25) is 5.90 Å². The smallest absolute Gasteiger partial charge is 0.203 e. The van der Waals surface area contributed by atoms with Crippen molar-refractivity contribution in [2.24, 2.45) is 4.99 Å². The standard InChI is InChI=1S/C17H28N2O/c1-7-19(8-2)12-16(20-13(3)4)18-17-14(5)10-9-11-15(17)6/h9-11,13H,7-8,12H2,1-6H3. The number of benzene rings is 1. The molecule has 1 rings (SSSR count). The van der Waals surface area contributed by atoms with Gasteiger partial charge in [-0.05, 0) is 51.9 Å². The average Bonchev–Trinajstić information content (AvgIpc) is 2.39. The first-order valence-corrected chi connectivity index (χ1v) is 7.50. The van der Waals surface area contributed by atoms with E-state index in [-0.39, 0.29) is 6.10 Å². The van der Waals surface area contributed by atoms with E-state index in [2.05, 4.69) is 50.8 Å². The molecule has 0 atom stereocenters. The molecule has 3 heteroatoms. The maximum Gasteiger partial charge on any atom is 0.203 e. The van der Waals surface area contributed by atoms with Crippen molar-refractivity contribution in [3.63, 3.8) is 0 Å². The monoisotopic (exact) mass is 276 g/mol. The molecule has 1 aromatic rings. The Balaban J connectivity index is 3.05. The maximum atomic E-state index is 5.91. The van der Waals surface area contributed by atoms with E-state index in [0.717, 1.165) is 31.2 Å². The molecular formula is C17H28N2O. The Hall–Kier alpha value is -1.35. The number of nitrogens with zero attached hydrogens (tertiary/aromatic N) is 2. The molecule has 0 saturated carbocycles. The lowest BCUT2D eigenvalue weighted by Crippen LogP contribution is -2.31. The summed E-state index contributed by atoms with van der Waals surface area (Å²) in [5.74, 6) is 0.807. The van der Waals surface area contributed by atoms with E-state index in [1.807, 2.05) is 13.8 Å². The third-order valence-corrected chi connectivity index (χ3v) is 3.30. The van der Waals surface area contributed by atoms with Gasteiger partial charge in [-0.25, -0.2) is 4.99 Å². The summed E-state index contributed by atoms with van der Waals surface area (Å²) in [6, 6.07) is 6.25. The largest absolute Gasteiger partial charge is 0.477 e. The number of hydrogen-bond acceptors (Lipinski definition) is 3. The molecular weight excluding hydrogens is 248 g/mol. The lowest BCUT2D eigenvalue weighted by atomic mass is 10.1. The number of aliphatic imine (C=N–C) groups is 1.